The molecule has 0 aliphatic rings. The van der Waals surface area contributed by atoms with Gasteiger partial charge >= 0.3 is 14.8 Å². The highest BCUT2D eigenvalue weighted by Gasteiger charge is 2.39. The minimum Gasteiger partial charge on any atom is -0.461 e. The van der Waals surface area contributed by atoms with Crippen LogP contribution in [0.15, 0.2) is 12.2 Å². The zero-order valence-corrected chi connectivity index (χ0v) is 15.1. The summed E-state index contributed by atoms with van der Waals surface area (Å²) in [7, 11) is 2.28. The lowest BCUT2D eigenvalue weighted by atomic mass is 10.0. The zero-order valence-electron chi connectivity index (χ0n) is 14.1. The SMILES string of the molecule is C=C(C)C(=O)OCCNC(C)(C)CC[Si](OC)(OC)OC. The second-order valence-corrected chi connectivity index (χ2v) is 8.61. The summed E-state index contributed by atoms with van der Waals surface area (Å²) in [6, 6.07) is 0.710. The summed E-state index contributed by atoms with van der Waals surface area (Å²) < 4.78 is 21.2. The van der Waals surface area contributed by atoms with Crippen LogP contribution < -0.4 is 5.32 Å². The first-order chi connectivity index (χ1) is 9.72. The Labute approximate surface area is 129 Å². The fraction of sp³-hybridized carbons (Fsp3) is 0.786. The molecule has 0 atom stereocenters. The average Bonchev–Trinajstić information content (AvgIpc) is 2.45. The van der Waals surface area contributed by atoms with E-state index in [4.69, 9.17) is 18.0 Å². The van der Waals surface area contributed by atoms with Crippen LogP contribution in [0.5, 0.6) is 0 Å². The number of hydrogen-bond donors (Lipinski definition) is 1. The highest BCUT2D eigenvalue weighted by molar-refractivity contribution is 6.60. The molecule has 0 fully saturated rings. The second kappa shape index (κ2) is 9.32. The molecule has 7 heteroatoms. The van der Waals surface area contributed by atoms with Crippen molar-refractivity contribution in [2.75, 3.05) is 34.5 Å². The molecule has 0 aromatic heterocycles. The largest absolute Gasteiger partial charge is 0.500 e. The van der Waals surface area contributed by atoms with Crippen molar-refractivity contribution in [2.45, 2.75) is 38.8 Å². The van der Waals surface area contributed by atoms with Gasteiger partial charge in [-0.15, -0.1) is 0 Å². The molecule has 0 radical (unpaired) electrons. The van der Waals surface area contributed by atoms with Gasteiger partial charge in [0.15, 0.2) is 0 Å². The van der Waals surface area contributed by atoms with E-state index in [1.165, 1.54) is 0 Å². The Morgan fingerprint density at radius 1 is 1.19 bits per heavy atom. The molecule has 0 heterocycles. The van der Waals surface area contributed by atoms with E-state index in [0.29, 0.717) is 24.8 Å². The maximum absolute atomic E-state index is 11.2. The van der Waals surface area contributed by atoms with E-state index in [2.05, 4.69) is 25.7 Å². The lowest BCUT2D eigenvalue weighted by molar-refractivity contribution is -0.138. The molecule has 0 aliphatic heterocycles. The van der Waals surface area contributed by atoms with Crippen molar-refractivity contribution in [3.63, 3.8) is 0 Å². The predicted molar refractivity (Wildman–Crippen MR) is 84.1 cm³/mol. The fourth-order valence-corrected chi connectivity index (χ4v) is 3.81. The number of carbonyl (C=O) groups is 1. The number of nitrogens with one attached hydrogen (secondary N) is 1. The first kappa shape index (κ1) is 20.3. The van der Waals surface area contributed by atoms with Crippen LogP contribution in [0, 0.1) is 0 Å². The van der Waals surface area contributed by atoms with Crippen molar-refractivity contribution in [1.82, 2.24) is 5.32 Å². The van der Waals surface area contributed by atoms with Crippen LogP contribution in [-0.4, -0.2) is 54.8 Å². The van der Waals surface area contributed by atoms with E-state index in [1.54, 1.807) is 28.3 Å². The molecule has 124 valence electrons. The summed E-state index contributed by atoms with van der Waals surface area (Å²) in [6.07, 6.45) is 0.823. The molecule has 0 saturated heterocycles. The Bertz CT molecular complexity index is 334. The molecule has 0 spiro atoms. The van der Waals surface area contributed by atoms with Crippen molar-refractivity contribution in [2.24, 2.45) is 0 Å². The Kier molecular flexibility index (Phi) is 8.99. The summed E-state index contributed by atoms with van der Waals surface area (Å²) in [5, 5.41) is 3.35. The van der Waals surface area contributed by atoms with Crippen LogP contribution in [0.25, 0.3) is 0 Å². The van der Waals surface area contributed by atoms with Crippen molar-refractivity contribution in [3.8, 4) is 0 Å². The Morgan fingerprint density at radius 2 is 1.71 bits per heavy atom. The highest BCUT2D eigenvalue weighted by Crippen LogP contribution is 2.21. The van der Waals surface area contributed by atoms with Crippen LogP contribution in [0.3, 0.4) is 0 Å². The van der Waals surface area contributed by atoms with E-state index in [-0.39, 0.29) is 11.5 Å². The molecule has 0 unspecified atom stereocenters. The Morgan fingerprint density at radius 3 is 2.14 bits per heavy atom. The number of esters is 1. The number of ether oxygens (including phenoxy) is 1. The Hall–Kier alpha value is -0.733. The number of hydrogen-bond acceptors (Lipinski definition) is 6. The van der Waals surface area contributed by atoms with Crippen molar-refractivity contribution in [3.05, 3.63) is 12.2 Å². The van der Waals surface area contributed by atoms with E-state index in [0.717, 1.165) is 6.42 Å². The average molecular weight is 319 g/mol. The molecular formula is C14H29NO5Si. The molecule has 6 nitrogen and oxygen atoms in total. The minimum atomic E-state index is -2.54. The van der Waals surface area contributed by atoms with Gasteiger partial charge in [0.2, 0.25) is 0 Å². The van der Waals surface area contributed by atoms with E-state index >= 15 is 0 Å². The minimum absolute atomic E-state index is 0.135. The van der Waals surface area contributed by atoms with Crippen molar-refractivity contribution in [1.29, 1.82) is 0 Å². The summed E-state index contributed by atoms with van der Waals surface area (Å²) >= 11 is 0. The zero-order chi connectivity index (χ0) is 16.5. The first-order valence-corrected chi connectivity index (χ1v) is 8.88. The summed E-state index contributed by atoms with van der Waals surface area (Å²) in [5.41, 5.74) is 0.272. The summed E-state index contributed by atoms with van der Waals surface area (Å²) in [4.78, 5) is 11.2. The van der Waals surface area contributed by atoms with Gasteiger partial charge in [-0.1, -0.05) is 6.58 Å². The summed E-state index contributed by atoms with van der Waals surface area (Å²) in [6.45, 7) is 10.2. The van der Waals surface area contributed by atoms with Gasteiger partial charge in [-0.05, 0) is 27.2 Å². The molecule has 0 saturated carbocycles. The molecule has 0 amide bonds. The Balaban J connectivity index is 4.14. The van der Waals surface area contributed by atoms with Crippen LogP contribution >= 0.6 is 0 Å². The van der Waals surface area contributed by atoms with Crippen LogP contribution in [0.1, 0.15) is 27.2 Å². The number of carbonyl (C=O) groups excluding carboxylic acids is 1. The number of rotatable bonds is 11. The van der Waals surface area contributed by atoms with Gasteiger partial charge in [-0.3, -0.25) is 0 Å². The van der Waals surface area contributed by atoms with Crippen LogP contribution in [-0.2, 0) is 22.8 Å². The second-order valence-electron chi connectivity index (χ2n) is 5.52. The van der Waals surface area contributed by atoms with E-state index in [9.17, 15) is 4.79 Å². The van der Waals surface area contributed by atoms with E-state index in [1.807, 2.05) is 0 Å². The summed E-state index contributed by atoms with van der Waals surface area (Å²) in [5.74, 6) is -0.362. The van der Waals surface area contributed by atoms with Crippen molar-refractivity contribution < 1.29 is 22.8 Å². The van der Waals surface area contributed by atoms with Gasteiger partial charge in [0.1, 0.15) is 6.61 Å². The lowest BCUT2D eigenvalue weighted by Crippen LogP contribution is -2.47. The van der Waals surface area contributed by atoms with Crippen LogP contribution in [0.4, 0.5) is 0 Å². The highest BCUT2D eigenvalue weighted by atomic mass is 28.4. The lowest BCUT2D eigenvalue weighted by Gasteiger charge is -2.31. The molecule has 0 aromatic carbocycles. The van der Waals surface area contributed by atoms with Gasteiger partial charge in [0.05, 0.1) is 0 Å². The molecule has 21 heavy (non-hydrogen) atoms. The van der Waals surface area contributed by atoms with Gasteiger partial charge in [0, 0.05) is 45.0 Å². The normalized spacial score (nSPS) is 12.3. The third-order valence-corrected chi connectivity index (χ3v) is 6.00. The molecule has 0 aliphatic carbocycles. The standard InChI is InChI=1S/C14H29NO5Si/c1-12(2)13(16)20-10-9-15-14(3,4)8-11-21(17-5,18-6)19-7/h15H,1,8-11H2,2-7H3. The maximum Gasteiger partial charge on any atom is 0.500 e. The van der Waals surface area contributed by atoms with Gasteiger partial charge in [0.25, 0.3) is 0 Å². The van der Waals surface area contributed by atoms with E-state index < -0.39 is 8.80 Å². The third kappa shape index (κ3) is 7.73. The third-order valence-electron chi connectivity index (χ3n) is 3.28. The van der Waals surface area contributed by atoms with Gasteiger partial charge in [-0.25, -0.2) is 4.79 Å². The van der Waals surface area contributed by atoms with Crippen molar-refractivity contribution >= 4 is 14.8 Å². The molecule has 1 N–H and O–H groups in total. The molecular weight excluding hydrogens is 290 g/mol. The topological polar surface area (TPSA) is 66.0 Å². The monoisotopic (exact) mass is 319 g/mol. The maximum atomic E-state index is 11.2. The smallest absolute Gasteiger partial charge is 0.461 e. The predicted octanol–water partition coefficient (Wildman–Crippen LogP) is 1.74. The molecule has 0 aromatic rings. The first-order valence-electron chi connectivity index (χ1n) is 6.95. The molecule has 0 rings (SSSR count). The molecule has 0 bridgehead atoms. The van der Waals surface area contributed by atoms with Gasteiger partial charge in [-0.2, -0.15) is 0 Å². The van der Waals surface area contributed by atoms with Crippen LogP contribution in [0.2, 0.25) is 6.04 Å². The fourth-order valence-electron chi connectivity index (χ4n) is 1.77. The quantitative estimate of drug-likeness (QED) is 0.271. The van der Waals surface area contributed by atoms with Gasteiger partial charge < -0.3 is 23.3 Å².